The Kier molecular flexibility index (Phi) is 3.79. The lowest BCUT2D eigenvalue weighted by molar-refractivity contribution is -0.121. The molecule has 5 nitrogen and oxygen atoms in total. The highest BCUT2D eigenvalue weighted by Gasteiger charge is 2.08. The summed E-state index contributed by atoms with van der Waals surface area (Å²) in [4.78, 5) is 29.1. The van der Waals surface area contributed by atoms with E-state index in [2.05, 4.69) is 10.3 Å². The molecule has 0 atom stereocenters. The smallest absolute Gasteiger partial charge is 0.269 e. The summed E-state index contributed by atoms with van der Waals surface area (Å²) in [6, 6.07) is 11.2. The van der Waals surface area contributed by atoms with Gasteiger partial charge in [0.2, 0.25) is 5.91 Å². The van der Waals surface area contributed by atoms with Crippen molar-refractivity contribution >= 4 is 28.3 Å². The van der Waals surface area contributed by atoms with Crippen molar-refractivity contribution < 1.29 is 4.79 Å². The highest BCUT2D eigenvalue weighted by Crippen LogP contribution is 2.09. The fraction of sp³-hybridized carbons (Fsp3) is 0.133. The number of para-hydroxylation sites is 2. The number of benzene rings is 1. The number of thiophene rings is 1. The van der Waals surface area contributed by atoms with Crippen LogP contribution in [0.2, 0.25) is 0 Å². The Morgan fingerprint density at radius 3 is 2.90 bits per heavy atom. The Labute approximate surface area is 124 Å². The molecule has 0 aliphatic heterocycles. The van der Waals surface area contributed by atoms with Crippen LogP contribution in [0.4, 0.5) is 0 Å². The molecule has 3 rings (SSSR count). The Morgan fingerprint density at radius 1 is 1.24 bits per heavy atom. The van der Waals surface area contributed by atoms with Crippen molar-refractivity contribution in [3.63, 3.8) is 0 Å². The third-order valence-corrected chi connectivity index (χ3v) is 3.97. The zero-order valence-corrected chi connectivity index (χ0v) is 12.0. The number of carbonyl (C=O) groups is 1. The minimum Gasteiger partial charge on any atom is -0.350 e. The van der Waals surface area contributed by atoms with Crippen molar-refractivity contribution in [2.24, 2.45) is 0 Å². The molecule has 0 aliphatic rings. The van der Waals surface area contributed by atoms with Crippen LogP contribution in [0.25, 0.3) is 11.0 Å². The summed E-state index contributed by atoms with van der Waals surface area (Å²) < 4.78 is 1.44. The maximum atomic E-state index is 12.0. The highest BCUT2D eigenvalue weighted by atomic mass is 32.1. The van der Waals surface area contributed by atoms with Gasteiger partial charge in [-0.15, -0.1) is 11.3 Å². The van der Waals surface area contributed by atoms with E-state index >= 15 is 0 Å². The fourth-order valence-electron chi connectivity index (χ4n) is 2.08. The lowest BCUT2D eigenvalue weighted by Gasteiger charge is -2.09. The SMILES string of the molecule is O=C(Cn1c(=O)cnc2ccccc21)NCc1cccs1. The number of fused-ring (bicyclic) bond motifs is 1. The summed E-state index contributed by atoms with van der Waals surface area (Å²) in [7, 11) is 0. The number of nitrogens with zero attached hydrogens (tertiary/aromatic N) is 2. The number of nitrogens with one attached hydrogen (secondary N) is 1. The first kappa shape index (κ1) is 13.5. The van der Waals surface area contributed by atoms with Gasteiger partial charge in [0, 0.05) is 4.88 Å². The van der Waals surface area contributed by atoms with Crippen LogP contribution < -0.4 is 10.9 Å². The van der Waals surface area contributed by atoms with E-state index in [-0.39, 0.29) is 18.0 Å². The van der Waals surface area contributed by atoms with Gasteiger partial charge in [0.05, 0.1) is 23.8 Å². The van der Waals surface area contributed by atoms with Gasteiger partial charge >= 0.3 is 0 Å². The van der Waals surface area contributed by atoms with Crippen LogP contribution in [0.15, 0.2) is 52.8 Å². The lowest BCUT2D eigenvalue weighted by Crippen LogP contribution is -2.32. The first-order chi connectivity index (χ1) is 10.2. The molecular weight excluding hydrogens is 286 g/mol. The normalized spacial score (nSPS) is 10.7. The van der Waals surface area contributed by atoms with Gasteiger partial charge in [-0.3, -0.25) is 14.2 Å². The van der Waals surface area contributed by atoms with Gasteiger partial charge in [-0.1, -0.05) is 18.2 Å². The van der Waals surface area contributed by atoms with Gasteiger partial charge in [0.15, 0.2) is 0 Å². The largest absolute Gasteiger partial charge is 0.350 e. The van der Waals surface area contributed by atoms with Gasteiger partial charge < -0.3 is 5.32 Å². The average Bonchev–Trinajstić information content (AvgIpc) is 3.01. The van der Waals surface area contributed by atoms with Gasteiger partial charge in [-0.05, 0) is 23.6 Å². The molecule has 0 radical (unpaired) electrons. The van der Waals surface area contributed by atoms with Gasteiger partial charge in [0.1, 0.15) is 6.54 Å². The van der Waals surface area contributed by atoms with Crippen LogP contribution in [0.1, 0.15) is 4.88 Å². The summed E-state index contributed by atoms with van der Waals surface area (Å²) in [5.41, 5.74) is 1.08. The zero-order chi connectivity index (χ0) is 14.7. The maximum Gasteiger partial charge on any atom is 0.269 e. The van der Waals surface area contributed by atoms with E-state index in [0.717, 1.165) is 4.88 Å². The highest BCUT2D eigenvalue weighted by molar-refractivity contribution is 7.09. The van der Waals surface area contributed by atoms with E-state index in [1.54, 1.807) is 17.4 Å². The van der Waals surface area contributed by atoms with E-state index in [9.17, 15) is 9.59 Å². The molecule has 0 saturated heterocycles. The third-order valence-electron chi connectivity index (χ3n) is 3.09. The van der Waals surface area contributed by atoms with Crippen LogP contribution in [0.5, 0.6) is 0 Å². The van der Waals surface area contributed by atoms with Crippen LogP contribution in [0, 0.1) is 0 Å². The van der Waals surface area contributed by atoms with Crippen LogP contribution in [0.3, 0.4) is 0 Å². The lowest BCUT2D eigenvalue weighted by atomic mass is 10.3. The summed E-state index contributed by atoms with van der Waals surface area (Å²) in [5, 5.41) is 4.78. The first-order valence-electron chi connectivity index (χ1n) is 6.48. The van der Waals surface area contributed by atoms with E-state index in [0.29, 0.717) is 17.6 Å². The minimum absolute atomic E-state index is 0.00670. The van der Waals surface area contributed by atoms with Crippen molar-refractivity contribution in [2.45, 2.75) is 13.1 Å². The number of hydrogen-bond acceptors (Lipinski definition) is 4. The second-order valence-electron chi connectivity index (χ2n) is 4.53. The van der Waals surface area contributed by atoms with E-state index in [4.69, 9.17) is 0 Å². The van der Waals surface area contributed by atoms with Crippen molar-refractivity contribution in [2.75, 3.05) is 0 Å². The number of hydrogen-bond donors (Lipinski definition) is 1. The monoisotopic (exact) mass is 299 g/mol. The molecule has 0 saturated carbocycles. The zero-order valence-electron chi connectivity index (χ0n) is 11.2. The molecule has 6 heteroatoms. The first-order valence-corrected chi connectivity index (χ1v) is 7.36. The topological polar surface area (TPSA) is 64.0 Å². The average molecular weight is 299 g/mol. The minimum atomic E-state index is -0.278. The predicted molar refractivity (Wildman–Crippen MR) is 82.2 cm³/mol. The molecule has 0 fully saturated rings. The molecular formula is C15H13N3O2S. The van der Waals surface area contributed by atoms with E-state index < -0.39 is 0 Å². The third kappa shape index (κ3) is 3.00. The molecule has 0 bridgehead atoms. The Hall–Kier alpha value is -2.47. The second-order valence-corrected chi connectivity index (χ2v) is 5.56. The molecule has 1 aromatic carbocycles. The van der Waals surface area contributed by atoms with Gasteiger partial charge in [-0.2, -0.15) is 0 Å². The van der Waals surface area contributed by atoms with Gasteiger partial charge in [0.25, 0.3) is 5.56 Å². The Morgan fingerprint density at radius 2 is 2.10 bits per heavy atom. The Balaban J connectivity index is 1.79. The molecule has 0 spiro atoms. The van der Waals surface area contributed by atoms with Crippen LogP contribution >= 0.6 is 11.3 Å². The van der Waals surface area contributed by atoms with Crippen molar-refractivity contribution in [3.05, 3.63) is 63.2 Å². The second kappa shape index (κ2) is 5.88. The molecule has 21 heavy (non-hydrogen) atoms. The summed E-state index contributed by atoms with van der Waals surface area (Å²) >= 11 is 1.58. The molecule has 1 amide bonds. The molecule has 1 N–H and O–H groups in total. The summed E-state index contributed by atoms with van der Waals surface area (Å²) in [5.74, 6) is -0.193. The molecule has 106 valence electrons. The van der Waals surface area contributed by atoms with Gasteiger partial charge in [-0.25, -0.2) is 4.98 Å². The van der Waals surface area contributed by atoms with Crippen molar-refractivity contribution in [1.29, 1.82) is 0 Å². The van der Waals surface area contributed by atoms with Crippen LogP contribution in [-0.2, 0) is 17.9 Å². The summed E-state index contributed by atoms with van der Waals surface area (Å²) in [6.07, 6.45) is 1.24. The molecule has 3 aromatic rings. The molecule has 0 aliphatic carbocycles. The van der Waals surface area contributed by atoms with Crippen LogP contribution in [-0.4, -0.2) is 15.5 Å². The molecule has 2 aromatic heterocycles. The standard InChI is InChI=1S/C15H13N3O2S/c19-14(17-8-11-4-3-7-21-11)10-18-13-6-2-1-5-12(13)16-9-15(18)20/h1-7,9H,8,10H2,(H,17,19). The Bertz CT molecular complexity index is 824. The molecule has 2 heterocycles. The fourth-order valence-corrected chi connectivity index (χ4v) is 2.72. The molecule has 0 unspecified atom stereocenters. The quantitative estimate of drug-likeness (QED) is 0.798. The predicted octanol–water partition coefficient (Wildman–Crippen LogP) is 1.77. The maximum absolute atomic E-state index is 12.0. The number of rotatable bonds is 4. The van der Waals surface area contributed by atoms with E-state index in [1.807, 2.05) is 35.7 Å². The summed E-state index contributed by atoms with van der Waals surface area (Å²) in [6.45, 7) is 0.474. The van der Waals surface area contributed by atoms with Crippen molar-refractivity contribution in [3.8, 4) is 0 Å². The number of aromatic nitrogens is 2. The number of carbonyl (C=O) groups excluding carboxylic acids is 1. The van der Waals surface area contributed by atoms with Crippen molar-refractivity contribution in [1.82, 2.24) is 14.9 Å². The number of amides is 1. The van der Waals surface area contributed by atoms with E-state index in [1.165, 1.54) is 10.8 Å².